The van der Waals surface area contributed by atoms with Gasteiger partial charge in [0.05, 0.1) is 11.1 Å². The zero-order valence-electron chi connectivity index (χ0n) is 15.8. The number of phenolic OH excluding ortho intramolecular Hbond substituents is 1. The van der Waals surface area contributed by atoms with Crippen LogP contribution in [0.3, 0.4) is 0 Å². The van der Waals surface area contributed by atoms with E-state index in [2.05, 4.69) is 5.32 Å². The van der Waals surface area contributed by atoms with Crippen LogP contribution in [-0.2, 0) is 18.8 Å². The number of nitrogens with one attached hydrogen (secondary N) is 1. The van der Waals surface area contributed by atoms with Gasteiger partial charge in [0.1, 0.15) is 0 Å². The summed E-state index contributed by atoms with van der Waals surface area (Å²) < 4.78 is 92.0. The molecular weight excluding hydrogens is 433 g/mol. The first kappa shape index (κ1) is 22.9. The first-order valence-electron chi connectivity index (χ1n) is 9.15. The Bertz CT molecular complexity index is 941. The minimum Gasteiger partial charge on any atom is -0.505 e. The SMILES string of the molecule is O=C(c1cc(C(F)(F)F)cc(C(F)(F)F)c1)N1CCNC[C@H]1Cc1ccc(F)c(O)c1. The molecule has 1 atom stereocenters. The molecule has 168 valence electrons. The maximum absolute atomic E-state index is 13.3. The topological polar surface area (TPSA) is 52.6 Å². The van der Waals surface area contributed by atoms with Gasteiger partial charge in [-0.05, 0) is 42.3 Å². The van der Waals surface area contributed by atoms with Crippen molar-refractivity contribution in [3.8, 4) is 5.75 Å². The summed E-state index contributed by atoms with van der Waals surface area (Å²) in [5.74, 6) is -2.43. The van der Waals surface area contributed by atoms with E-state index in [1.165, 1.54) is 11.0 Å². The summed E-state index contributed by atoms with van der Waals surface area (Å²) in [7, 11) is 0. The monoisotopic (exact) mass is 450 g/mol. The van der Waals surface area contributed by atoms with Gasteiger partial charge in [0, 0.05) is 31.2 Å². The smallest absolute Gasteiger partial charge is 0.416 e. The second-order valence-electron chi connectivity index (χ2n) is 7.14. The molecule has 0 bridgehead atoms. The Kier molecular flexibility index (Phi) is 6.17. The molecule has 1 heterocycles. The van der Waals surface area contributed by atoms with Crippen LogP contribution >= 0.6 is 0 Å². The molecule has 11 heteroatoms. The number of nitrogens with zero attached hydrogens (tertiary/aromatic N) is 1. The largest absolute Gasteiger partial charge is 0.505 e. The van der Waals surface area contributed by atoms with Crippen LogP contribution in [0.5, 0.6) is 5.75 Å². The van der Waals surface area contributed by atoms with Gasteiger partial charge < -0.3 is 15.3 Å². The predicted octanol–water partition coefficient (Wildman–Crippen LogP) is 4.23. The van der Waals surface area contributed by atoms with Gasteiger partial charge in [-0.2, -0.15) is 26.3 Å². The second-order valence-corrected chi connectivity index (χ2v) is 7.14. The van der Waals surface area contributed by atoms with Crippen molar-refractivity contribution >= 4 is 5.91 Å². The molecule has 1 aliphatic rings. The highest BCUT2D eigenvalue weighted by molar-refractivity contribution is 5.95. The number of hydrogen-bond acceptors (Lipinski definition) is 3. The van der Waals surface area contributed by atoms with E-state index in [0.717, 1.165) is 12.1 Å². The third-order valence-electron chi connectivity index (χ3n) is 4.93. The summed E-state index contributed by atoms with van der Waals surface area (Å²) in [6.45, 7) is 0.561. The molecule has 0 spiro atoms. The van der Waals surface area contributed by atoms with Gasteiger partial charge in [0.25, 0.3) is 5.91 Å². The number of hydrogen-bond donors (Lipinski definition) is 2. The summed E-state index contributed by atoms with van der Waals surface area (Å²) in [6, 6.07) is 3.69. The van der Waals surface area contributed by atoms with Crippen molar-refractivity contribution in [1.29, 1.82) is 0 Å². The molecule has 1 fully saturated rings. The molecule has 2 aromatic carbocycles. The lowest BCUT2D eigenvalue weighted by atomic mass is 9.99. The zero-order valence-corrected chi connectivity index (χ0v) is 15.8. The molecule has 1 amide bonds. The fraction of sp³-hybridized carbons (Fsp3) is 0.350. The number of rotatable bonds is 3. The maximum Gasteiger partial charge on any atom is 0.416 e. The molecule has 2 aromatic rings. The Labute approximate surface area is 172 Å². The third kappa shape index (κ3) is 5.27. The van der Waals surface area contributed by atoms with Crippen LogP contribution in [0, 0.1) is 5.82 Å². The van der Waals surface area contributed by atoms with E-state index >= 15 is 0 Å². The van der Waals surface area contributed by atoms with Gasteiger partial charge in [-0.15, -0.1) is 0 Å². The van der Waals surface area contributed by atoms with Crippen molar-refractivity contribution in [3.05, 3.63) is 64.5 Å². The molecule has 0 unspecified atom stereocenters. The van der Waals surface area contributed by atoms with Gasteiger partial charge in [-0.25, -0.2) is 4.39 Å². The summed E-state index contributed by atoms with van der Waals surface area (Å²) in [5, 5.41) is 12.5. The van der Waals surface area contributed by atoms with Gasteiger partial charge in [0.15, 0.2) is 11.6 Å². The Balaban J connectivity index is 1.94. The van der Waals surface area contributed by atoms with Crippen LogP contribution in [0.15, 0.2) is 36.4 Å². The van der Waals surface area contributed by atoms with Crippen molar-refractivity contribution in [1.82, 2.24) is 10.2 Å². The highest BCUT2D eigenvalue weighted by atomic mass is 19.4. The molecule has 4 nitrogen and oxygen atoms in total. The number of piperazine rings is 1. The molecule has 2 N–H and O–H groups in total. The summed E-state index contributed by atoms with van der Waals surface area (Å²) >= 11 is 0. The van der Waals surface area contributed by atoms with E-state index in [4.69, 9.17) is 0 Å². The Hall–Kier alpha value is -2.82. The van der Waals surface area contributed by atoms with Gasteiger partial charge in [-0.1, -0.05) is 6.07 Å². The highest BCUT2D eigenvalue weighted by Crippen LogP contribution is 2.36. The average Bonchev–Trinajstić information content (AvgIpc) is 2.69. The third-order valence-corrected chi connectivity index (χ3v) is 4.93. The number of amides is 1. The number of phenols is 1. The molecule has 1 aliphatic heterocycles. The number of benzene rings is 2. The van der Waals surface area contributed by atoms with Crippen molar-refractivity contribution in [2.24, 2.45) is 0 Å². The van der Waals surface area contributed by atoms with Crippen LogP contribution < -0.4 is 5.32 Å². The van der Waals surface area contributed by atoms with E-state index in [0.29, 0.717) is 24.2 Å². The lowest BCUT2D eigenvalue weighted by Gasteiger charge is -2.36. The number of alkyl halides is 6. The average molecular weight is 450 g/mol. The summed E-state index contributed by atoms with van der Waals surface area (Å²) in [5.41, 5.74) is -3.41. The lowest BCUT2D eigenvalue weighted by Crippen LogP contribution is -2.54. The highest BCUT2D eigenvalue weighted by Gasteiger charge is 2.38. The molecule has 0 saturated carbocycles. The van der Waals surface area contributed by atoms with Crippen LogP contribution in [0.25, 0.3) is 0 Å². The Morgan fingerprint density at radius 3 is 2.19 bits per heavy atom. The normalized spacial score (nSPS) is 17.6. The predicted molar refractivity (Wildman–Crippen MR) is 95.9 cm³/mol. The fourth-order valence-electron chi connectivity index (χ4n) is 3.41. The Morgan fingerprint density at radius 2 is 1.65 bits per heavy atom. The van der Waals surface area contributed by atoms with Crippen molar-refractivity contribution < 1.29 is 40.6 Å². The molecular formula is C20H17F7N2O2. The second kappa shape index (κ2) is 8.37. The molecule has 0 aliphatic carbocycles. The number of aromatic hydroxyl groups is 1. The van der Waals surface area contributed by atoms with E-state index in [9.17, 15) is 40.6 Å². The van der Waals surface area contributed by atoms with Crippen LogP contribution in [-0.4, -0.2) is 41.6 Å². The number of carbonyl (C=O) groups is 1. The minimum absolute atomic E-state index is 0.0344. The molecule has 0 aromatic heterocycles. The zero-order chi connectivity index (χ0) is 23.0. The molecule has 0 radical (unpaired) electrons. The van der Waals surface area contributed by atoms with Gasteiger partial charge in [-0.3, -0.25) is 4.79 Å². The van der Waals surface area contributed by atoms with Crippen LogP contribution in [0.1, 0.15) is 27.0 Å². The molecule has 3 rings (SSSR count). The first-order valence-corrected chi connectivity index (χ1v) is 9.15. The van der Waals surface area contributed by atoms with Gasteiger partial charge >= 0.3 is 12.4 Å². The minimum atomic E-state index is -5.06. The summed E-state index contributed by atoms with van der Waals surface area (Å²) in [6.07, 6.45) is -10.0. The van der Waals surface area contributed by atoms with E-state index in [-0.39, 0.29) is 25.6 Å². The molecule has 1 saturated heterocycles. The van der Waals surface area contributed by atoms with E-state index in [1.807, 2.05) is 0 Å². The van der Waals surface area contributed by atoms with Crippen molar-refractivity contribution in [2.45, 2.75) is 24.8 Å². The van der Waals surface area contributed by atoms with E-state index in [1.54, 1.807) is 0 Å². The Morgan fingerprint density at radius 1 is 1.03 bits per heavy atom. The quantitative estimate of drug-likeness (QED) is 0.689. The van der Waals surface area contributed by atoms with Crippen molar-refractivity contribution in [3.63, 3.8) is 0 Å². The standard InChI is InChI=1S/C20H17F7N2O2/c21-16-2-1-11(6-17(16)30)5-15-10-28-3-4-29(15)18(31)12-7-13(19(22,23)24)9-14(8-12)20(25,26)27/h1-2,6-9,15,28,30H,3-5,10H2/t15-/m1/s1. The van der Waals surface area contributed by atoms with Crippen LogP contribution in [0.2, 0.25) is 0 Å². The van der Waals surface area contributed by atoms with Gasteiger partial charge in [0.2, 0.25) is 0 Å². The van der Waals surface area contributed by atoms with Crippen molar-refractivity contribution in [2.75, 3.05) is 19.6 Å². The lowest BCUT2D eigenvalue weighted by molar-refractivity contribution is -0.143. The maximum atomic E-state index is 13.3. The number of halogens is 7. The summed E-state index contributed by atoms with van der Waals surface area (Å²) in [4.78, 5) is 14.1. The van der Waals surface area contributed by atoms with E-state index < -0.39 is 52.6 Å². The molecule has 31 heavy (non-hydrogen) atoms. The fourth-order valence-corrected chi connectivity index (χ4v) is 3.41. The van der Waals surface area contributed by atoms with Crippen LogP contribution in [0.4, 0.5) is 30.7 Å². The first-order chi connectivity index (χ1) is 14.4. The number of carbonyl (C=O) groups excluding carboxylic acids is 1.